The average molecular weight is 534 g/mol. The maximum atomic E-state index is 12.8. The number of ketones is 1. The smallest absolute Gasteiger partial charge is 0.293 e. The lowest BCUT2D eigenvalue weighted by molar-refractivity contribution is -0.138. The Morgan fingerprint density at radius 2 is 1.89 bits per heavy atom. The molecular weight excluding hydrogens is 494 g/mol. The van der Waals surface area contributed by atoms with Crippen LogP contribution >= 0.6 is 0 Å². The summed E-state index contributed by atoms with van der Waals surface area (Å²) in [4.78, 5) is 34.9. The molecule has 0 bridgehead atoms. The third-order valence-electron chi connectivity index (χ3n) is 5.76. The van der Waals surface area contributed by atoms with Gasteiger partial charge in [-0.2, -0.15) is 5.10 Å². The van der Waals surface area contributed by atoms with Gasteiger partial charge >= 0.3 is 0 Å². The van der Waals surface area contributed by atoms with Crippen molar-refractivity contribution in [3.05, 3.63) is 35.0 Å². The Labute approximate surface area is 222 Å². The highest BCUT2D eigenvalue weighted by atomic mass is 16.5. The molecule has 12 nitrogen and oxygen atoms in total. The number of aromatic nitrogens is 2. The second kappa shape index (κ2) is 13.8. The molecule has 0 radical (unpaired) electrons. The first kappa shape index (κ1) is 30.6. The number of carbonyl (C=O) groups is 3. The number of benzene rings is 1. The number of nitrogens with one attached hydrogen (secondary N) is 2. The normalized spacial score (nSPS) is 15.6. The van der Waals surface area contributed by atoms with Crippen LogP contribution in [0.1, 0.15) is 67.7 Å². The summed E-state index contributed by atoms with van der Waals surface area (Å²) in [7, 11) is 3.05. The fraction of sp³-hybridized carbons (Fsp3) is 0.538. The van der Waals surface area contributed by atoms with E-state index < -0.39 is 11.8 Å². The molecule has 1 aromatic heterocycles. The molecule has 2 atom stereocenters. The molecule has 1 amide bonds. The van der Waals surface area contributed by atoms with E-state index in [9.17, 15) is 19.5 Å². The van der Waals surface area contributed by atoms with E-state index in [1.54, 1.807) is 22.9 Å². The van der Waals surface area contributed by atoms with E-state index in [-0.39, 0.29) is 41.8 Å². The monoisotopic (exact) mass is 533 g/mol. The van der Waals surface area contributed by atoms with Gasteiger partial charge in [0.2, 0.25) is 0 Å². The standard InChI is InChI=1S/C21H29N5O5.C5H10O2/c1-12(28)17(13-8-15(30-2)10-16(9-13)31-3)19-18(20(22)29)21(24-6-7-27)26(25-19)14-4-5-23-11-14;1-5(2,3)7-4-6/h8-10,14,17,23-24,27H,4-7,11H2,1-3H3,(H2,22,29);4H,1-3H3. The van der Waals surface area contributed by atoms with Crippen LogP contribution in [0.25, 0.3) is 0 Å². The predicted molar refractivity (Wildman–Crippen MR) is 142 cm³/mol. The third kappa shape index (κ3) is 7.93. The number of ether oxygens (including phenoxy) is 3. The van der Waals surface area contributed by atoms with Gasteiger partial charge in [0.15, 0.2) is 0 Å². The van der Waals surface area contributed by atoms with E-state index in [4.69, 9.17) is 20.3 Å². The van der Waals surface area contributed by atoms with Gasteiger partial charge in [-0.05, 0) is 58.4 Å². The predicted octanol–water partition coefficient (Wildman–Crippen LogP) is 1.62. The number of aliphatic hydroxyl groups is 1. The van der Waals surface area contributed by atoms with Gasteiger partial charge in [-0.3, -0.25) is 14.4 Å². The first-order valence-electron chi connectivity index (χ1n) is 12.3. The summed E-state index contributed by atoms with van der Waals surface area (Å²) in [6.45, 7) is 8.93. The van der Waals surface area contributed by atoms with Crippen molar-refractivity contribution in [1.82, 2.24) is 15.1 Å². The molecule has 2 heterocycles. The zero-order chi connectivity index (χ0) is 28.5. The maximum Gasteiger partial charge on any atom is 0.293 e. The Bertz CT molecular complexity index is 1080. The highest BCUT2D eigenvalue weighted by Crippen LogP contribution is 2.37. The first-order chi connectivity index (χ1) is 18.0. The SMILES string of the molecule is CC(C)(C)OC=O.COc1cc(OC)cc(C(C(C)=O)c2nn(C3CCNC3)c(NCCO)c2C(N)=O)c1. The maximum absolute atomic E-state index is 12.8. The lowest BCUT2D eigenvalue weighted by Crippen LogP contribution is -2.21. The van der Waals surface area contributed by atoms with Crippen LogP contribution in [0.2, 0.25) is 0 Å². The summed E-state index contributed by atoms with van der Waals surface area (Å²) < 4.78 is 16.9. The summed E-state index contributed by atoms with van der Waals surface area (Å²) >= 11 is 0. The molecule has 210 valence electrons. The second-order valence-electron chi connectivity index (χ2n) is 9.73. The molecule has 1 aliphatic heterocycles. The first-order valence-corrected chi connectivity index (χ1v) is 12.3. The number of aliphatic hydroxyl groups excluding tert-OH is 1. The second-order valence-corrected chi connectivity index (χ2v) is 9.73. The minimum absolute atomic E-state index is 0.0134. The fourth-order valence-electron chi connectivity index (χ4n) is 4.08. The van der Waals surface area contributed by atoms with Gasteiger partial charge in [0.25, 0.3) is 12.4 Å². The van der Waals surface area contributed by atoms with E-state index in [2.05, 4.69) is 15.4 Å². The molecule has 12 heteroatoms. The lowest BCUT2D eigenvalue weighted by Gasteiger charge is -2.16. The van der Waals surface area contributed by atoms with Crippen LogP contribution in [-0.2, 0) is 14.3 Å². The van der Waals surface area contributed by atoms with Crippen molar-refractivity contribution in [2.24, 2.45) is 5.73 Å². The minimum Gasteiger partial charge on any atom is -0.497 e. The number of carbonyl (C=O) groups excluding carboxylic acids is 3. The molecule has 1 saturated heterocycles. The number of nitrogens with two attached hydrogens (primary N) is 1. The molecule has 2 aromatic rings. The number of methoxy groups -OCH3 is 2. The molecule has 0 saturated carbocycles. The summed E-state index contributed by atoms with van der Waals surface area (Å²) in [5.74, 6) is -0.323. The number of rotatable bonds is 11. The number of amides is 1. The summed E-state index contributed by atoms with van der Waals surface area (Å²) in [6, 6.07) is 5.12. The highest BCUT2D eigenvalue weighted by molar-refractivity contribution is 6.01. The molecule has 0 spiro atoms. The molecule has 0 aliphatic carbocycles. The Balaban J connectivity index is 0.000000638. The van der Waals surface area contributed by atoms with Crippen molar-refractivity contribution in [1.29, 1.82) is 0 Å². The van der Waals surface area contributed by atoms with Crippen LogP contribution in [-0.4, -0.2) is 79.1 Å². The van der Waals surface area contributed by atoms with Crippen LogP contribution in [0.3, 0.4) is 0 Å². The number of Topliss-reactive ketones (excluding diaryl/α,β-unsaturated/α-hetero) is 1. The van der Waals surface area contributed by atoms with E-state index in [0.29, 0.717) is 35.9 Å². The van der Waals surface area contributed by atoms with Crippen LogP contribution in [0.15, 0.2) is 18.2 Å². The van der Waals surface area contributed by atoms with Crippen LogP contribution in [0.4, 0.5) is 5.82 Å². The minimum atomic E-state index is -0.850. The molecule has 1 fully saturated rings. The summed E-state index contributed by atoms with van der Waals surface area (Å²) in [5, 5.41) is 20.3. The van der Waals surface area contributed by atoms with Crippen molar-refractivity contribution in [2.45, 2.75) is 51.7 Å². The van der Waals surface area contributed by atoms with Crippen molar-refractivity contribution in [3.63, 3.8) is 0 Å². The average Bonchev–Trinajstić information content (AvgIpc) is 3.50. The van der Waals surface area contributed by atoms with Gasteiger partial charge in [0, 0.05) is 19.2 Å². The zero-order valence-electron chi connectivity index (χ0n) is 22.9. The van der Waals surface area contributed by atoms with E-state index in [1.807, 2.05) is 20.8 Å². The number of primary amides is 1. The summed E-state index contributed by atoms with van der Waals surface area (Å²) in [5.41, 5.74) is 6.42. The quantitative estimate of drug-likeness (QED) is 0.312. The summed E-state index contributed by atoms with van der Waals surface area (Å²) in [6.07, 6.45) is 0.810. The third-order valence-corrected chi connectivity index (χ3v) is 5.76. The van der Waals surface area contributed by atoms with Crippen molar-refractivity contribution >= 4 is 24.0 Å². The highest BCUT2D eigenvalue weighted by Gasteiger charge is 2.34. The Hall–Kier alpha value is -3.64. The molecular formula is C26H39N5O7. The van der Waals surface area contributed by atoms with Gasteiger partial charge in [0.05, 0.1) is 38.5 Å². The largest absolute Gasteiger partial charge is 0.497 e. The van der Waals surface area contributed by atoms with E-state index in [1.165, 1.54) is 21.1 Å². The van der Waals surface area contributed by atoms with Crippen molar-refractivity contribution in [3.8, 4) is 11.5 Å². The fourth-order valence-corrected chi connectivity index (χ4v) is 4.08. The molecule has 2 unspecified atom stereocenters. The number of nitrogens with zero attached hydrogens (tertiary/aromatic N) is 2. The number of hydrogen-bond donors (Lipinski definition) is 4. The van der Waals surface area contributed by atoms with Gasteiger partial charge in [-0.15, -0.1) is 0 Å². The van der Waals surface area contributed by atoms with Crippen molar-refractivity contribution in [2.75, 3.05) is 45.8 Å². The topological polar surface area (TPSA) is 167 Å². The molecule has 1 aliphatic rings. The zero-order valence-corrected chi connectivity index (χ0v) is 22.9. The van der Waals surface area contributed by atoms with E-state index in [0.717, 1.165) is 13.0 Å². The van der Waals surface area contributed by atoms with Gasteiger partial charge in [-0.25, -0.2) is 4.68 Å². The molecule has 5 N–H and O–H groups in total. The Morgan fingerprint density at radius 3 is 2.29 bits per heavy atom. The molecule has 1 aromatic carbocycles. The lowest BCUT2D eigenvalue weighted by atomic mass is 9.89. The number of hydrogen-bond acceptors (Lipinski definition) is 10. The van der Waals surface area contributed by atoms with Crippen LogP contribution < -0.4 is 25.8 Å². The Morgan fingerprint density at radius 1 is 1.26 bits per heavy atom. The molecule has 3 rings (SSSR count). The van der Waals surface area contributed by atoms with Crippen LogP contribution in [0.5, 0.6) is 11.5 Å². The van der Waals surface area contributed by atoms with Crippen molar-refractivity contribution < 1.29 is 33.7 Å². The number of anilines is 1. The Kier molecular flexibility index (Phi) is 11.1. The van der Waals surface area contributed by atoms with E-state index >= 15 is 0 Å². The van der Waals surface area contributed by atoms with Gasteiger partial charge in [-0.1, -0.05) is 0 Å². The van der Waals surface area contributed by atoms with Crippen LogP contribution in [0, 0.1) is 0 Å². The van der Waals surface area contributed by atoms with Gasteiger partial charge in [0.1, 0.15) is 34.3 Å². The van der Waals surface area contributed by atoms with Gasteiger partial charge < -0.3 is 35.7 Å². The molecule has 38 heavy (non-hydrogen) atoms.